The lowest BCUT2D eigenvalue weighted by Crippen LogP contribution is -2.34. The molecule has 0 saturated heterocycles. The molecule has 0 unspecified atom stereocenters. The van der Waals surface area contributed by atoms with Gasteiger partial charge in [-0.3, -0.25) is 9.59 Å². The van der Waals surface area contributed by atoms with Gasteiger partial charge in [0.1, 0.15) is 0 Å². The Hall–Kier alpha value is -3.66. The van der Waals surface area contributed by atoms with Gasteiger partial charge in [0.15, 0.2) is 0 Å². The summed E-state index contributed by atoms with van der Waals surface area (Å²) in [6.07, 6.45) is 1.38. The second-order valence-corrected chi connectivity index (χ2v) is 6.66. The predicted molar refractivity (Wildman–Crippen MR) is 112 cm³/mol. The normalized spacial score (nSPS) is 13.0. The van der Waals surface area contributed by atoms with Gasteiger partial charge in [0.2, 0.25) is 12.8 Å². The van der Waals surface area contributed by atoms with Crippen molar-refractivity contribution < 1.29 is 9.59 Å². The third-order valence-corrected chi connectivity index (χ3v) is 5.15. The van der Waals surface area contributed by atoms with E-state index in [1.165, 1.54) is 0 Å². The standard InChI is InChI=1S/C24H20N2O2/c27-15-25-23(21-13-5-9-17-7-1-3-11-19(17)21)24(26-16-28)22-14-6-10-18-8-2-4-12-20(18)22/h1-16,23-24H,(H,25,27)(H,26,28)/t23-,24-/m1/s1. The number of hydrogen-bond donors (Lipinski definition) is 2. The first-order valence-corrected chi connectivity index (χ1v) is 9.18. The van der Waals surface area contributed by atoms with Gasteiger partial charge in [0.25, 0.3) is 0 Å². The zero-order chi connectivity index (χ0) is 19.3. The van der Waals surface area contributed by atoms with E-state index in [-0.39, 0.29) is 0 Å². The van der Waals surface area contributed by atoms with Crippen molar-refractivity contribution in [2.75, 3.05) is 0 Å². The number of rotatable bonds is 7. The Bertz CT molecular complexity index is 1040. The first kappa shape index (κ1) is 17.7. The van der Waals surface area contributed by atoms with Gasteiger partial charge >= 0.3 is 0 Å². The second kappa shape index (κ2) is 7.92. The smallest absolute Gasteiger partial charge is 0.207 e. The molecule has 4 heteroatoms. The average Bonchev–Trinajstić information content (AvgIpc) is 2.75. The van der Waals surface area contributed by atoms with E-state index in [1.807, 2.05) is 84.9 Å². The van der Waals surface area contributed by atoms with E-state index >= 15 is 0 Å². The van der Waals surface area contributed by atoms with Crippen LogP contribution in [0.1, 0.15) is 23.2 Å². The number of amides is 2. The van der Waals surface area contributed by atoms with E-state index in [9.17, 15) is 9.59 Å². The third-order valence-electron chi connectivity index (χ3n) is 5.15. The van der Waals surface area contributed by atoms with Crippen LogP contribution in [0.25, 0.3) is 21.5 Å². The quantitative estimate of drug-likeness (QED) is 0.479. The summed E-state index contributed by atoms with van der Waals surface area (Å²) in [7, 11) is 0. The van der Waals surface area contributed by atoms with Crippen molar-refractivity contribution in [1.29, 1.82) is 0 Å². The van der Waals surface area contributed by atoms with Crippen molar-refractivity contribution in [3.63, 3.8) is 0 Å². The maximum absolute atomic E-state index is 11.5. The van der Waals surface area contributed by atoms with Crippen LogP contribution in [0.2, 0.25) is 0 Å². The number of fused-ring (bicyclic) bond motifs is 2. The molecule has 4 nitrogen and oxygen atoms in total. The maximum Gasteiger partial charge on any atom is 0.207 e. The topological polar surface area (TPSA) is 58.2 Å². The van der Waals surface area contributed by atoms with Gasteiger partial charge in [-0.05, 0) is 32.7 Å². The molecule has 0 aliphatic rings. The molecular weight excluding hydrogens is 348 g/mol. The van der Waals surface area contributed by atoms with Crippen molar-refractivity contribution >= 4 is 34.4 Å². The lowest BCUT2D eigenvalue weighted by atomic mass is 9.88. The number of hydrogen-bond acceptors (Lipinski definition) is 2. The SMILES string of the molecule is O=CN[C@H](c1cccc2ccccc12)[C@H](NC=O)c1cccc2ccccc12. The van der Waals surface area contributed by atoms with E-state index in [0.29, 0.717) is 12.8 Å². The van der Waals surface area contributed by atoms with Crippen LogP contribution in [0.4, 0.5) is 0 Å². The minimum absolute atomic E-state index is 0.417. The van der Waals surface area contributed by atoms with Crippen LogP contribution in [0.5, 0.6) is 0 Å². The van der Waals surface area contributed by atoms with E-state index in [2.05, 4.69) is 10.6 Å². The van der Waals surface area contributed by atoms with Gasteiger partial charge in [-0.15, -0.1) is 0 Å². The van der Waals surface area contributed by atoms with Crippen molar-refractivity contribution in [3.05, 3.63) is 96.1 Å². The van der Waals surface area contributed by atoms with Crippen LogP contribution in [-0.2, 0) is 9.59 Å². The Kier molecular flexibility index (Phi) is 5.02. The van der Waals surface area contributed by atoms with E-state index in [1.54, 1.807) is 0 Å². The lowest BCUT2D eigenvalue weighted by molar-refractivity contribution is -0.112. The highest BCUT2D eigenvalue weighted by Crippen LogP contribution is 2.35. The van der Waals surface area contributed by atoms with Crippen molar-refractivity contribution in [2.24, 2.45) is 0 Å². The van der Waals surface area contributed by atoms with Crippen molar-refractivity contribution in [3.8, 4) is 0 Å². The van der Waals surface area contributed by atoms with Crippen molar-refractivity contribution in [2.45, 2.75) is 12.1 Å². The number of carbonyl (C=O) groups excluding carboxylic acids is 2. The van der Waals surface area contributed by atoms with Gasteiger partial charge in [-0.1, -0.05) is 84.9 Å². The fraction of sp³-hybridized carbons (Fsp3) is 0.0833. The van der Waals surface area contributed by atoms with Crippen LogP contribution in [0, 0.1) is 0 Å². The van der Waals surface area contributed by atoms with Crippen LogP contribution >= 0.6 is 0 Å². The van der Waals surface area contributed by atoms with Gasteiger partial charge in [-0.25, -0.2) is 0 Å². The molecule has 0 bridgehead atoms. The number of nitrogens with one attached hydrogen (secondary N) is 2. The minimum Gasteiger partial charge on any atom is -0.349 e. The summed E-state index contributed by atoms with van der Waals surface area (Å²) in [5, 5.41) is 10.1. The molecule has 0 saturated carbocycles. The van der Waals surface area contributed by atoms with Gasteiger partial charge in [-0.2, -0.15) is 0 Å². The largest absolute Gasteiger partial charge is 0.349 e. The first-order valence-electron chi connectivity index (χ1n) is 9.18. The number of carbonyl (C=O) groups is 2. The Balaban J connectivity index is 1.92. The van der Waals surface area contributed by atoms with E-state index < -0.39 is 12.1 Å². The summed E-state index contributed by atoms with van der Waals surface area (Å²) >= 11 is 0. The molecule has 4 rings (SSSR count). The molecule has 4 aromatic rings. The summed E-state index contributed by atoms with van der Waals surface area (Å²) < 4.78 is 0. The zero-order valence-electron chi connectivity index (χ0n) is 15.2. The van der Waals surface area contributed by atoms with Gasteiger partial charge in [0, 0.05) is 0 Å². The molecule has 2 atom stereocenters. The molecule has 138 valence electrons. The molecule has 2 N–H and O–H groups in total. The zero-order valence-corrected chi connectivity index (χ0v) is 15.2. The van der Waals surface area contributed by atoms with Crippen LogP contribution in [0.15, 0.2) is 84.9 Å². The molecule has 0 heterocycles. The molecule has 2 amide bonds. The molecule has 0 radical (unpaired) electrons. The molecule has 0 aliphatic heterocycles. The first-order chi connectivity index (χ1) is 13.8. The lowest BCUT2D eigenvalue weighted by Gasteiger charge is -2.29. The fourth-order valence-corrected chi connectivity index (χ4v) is 3.92. The van der Waals surface area contributed by atoms with Crippen LogP contribution < -0.4 is 10.6 Å². The van der Waals surface area contributed by atoms with Gasteiger partial charge < -0.3 is 10.6 Å². The summed E-state index contributed by atoms with van der Waals surface area (Å²) in [5.41, 5.74) is 1.91. The van der Waals surface area contributed by atoms with E-state index in [0.717, 1.165) is 32.7 Å². The van der Waals surface area contributed by atoms with Gasteiger partial charge in [0.05, 0.1) is 12.1 Å². The second-order valence-electron chi connectivity index (χ2n) is 6.66. The fourth-order valence-electron chi connectivity index (χ4n) is 3.92. The highest BCUT2D eigenvalue weighted by atomic mass is 16.1. The highest BCUT2D eigenvalue weighted by Gasteiger charge is 2.26. The van der Waals surface area contributed by atoms with Crippen LogP contribution in [0.3, 0.4) is 0 Å². The Morgan fingerprint density at radius 3 is 1.36 bits per heavy atom. The monoisotopic (exact) mass is 368 g/mol. The molecule has 0 spiro atoms. The molecule has 4 aromatic carbocycles. The predicted octanol–water partition coefficient (Wildman–Crippen LogP) is 4.27. The summed E-state index contributed by atoms with van der Waals surface area (Å²) in [5.74, 6) is 0. The molecule has 0 fully saturated rings. The average molecular weight is 368 g/mol. The maximum atomic E-state index is 11.5. The Morgan fingerprint density at radius 2 is 0.929 bits per heavy atom. The summed E-state index contributed by atoms with van der Waals surface area (Å²) in [6, 6.07) is 27.2. The molecular formula is C24H20N2O2. The molecule has 0 aliphatic carbocycles. The summed E-state index contributed by atoms with van der Waals surface area (Å²) in [6.45, 7) is 0. The molecule has 0 aromatic heterocycles. The third kappa shape index (κ3) is 3.21. The van der Waals surface area contributed by atoms with E-state index in [4.69, 9.17) is 0 Å². The summed E-state index contributed by atoms with van der Waals surface area (Å²) in [4.78, 5) is 23.0. The minimum atomic E-state index is -0.417. The van der Waals surface area contributed by atoms with Crippen LogP contribution in [-0.4, -0.2) is 12.8 Å². The Morgan fingerprint density at radius 1 is 0.536 bits per heavy atom. The highest BCUT2D eigenvalue weighted by molar-refractivity contribution is 5.88. The number of benzene rings is 4. The molecule has 28 heavy (non-hydrogen) atoms. The van der Waals surface area contributed by atoms with Crippen molar-refractivity contribution in [1.82, 2.24) is 10.6 Å². The Labute approximate surface area is 163 Å².